The van der Waals surface area contributed by atoms with Crippen molar-refractivity contribution in [1.82, 2.24) is 25.4 Å². The third kappa shape index (κ3) is 1.44. The highest BCUT2D eigenvalue weighted by molar-refractivity contribution is 6.29. The summed E-state index contributed by atoms with van der Waals surface area (Å²) in [6, 6.07) is 0. The van der Waals surface area contributed by atoms with Crippen molar-refractivity contribution in [2.75, 3.05) is 0 Å². The molecule has 0 saturated carbocycles. The molecule has 2 heterocycles. The second-order valence-corrected chi connectivity index (χ2v) is 2.95. The molecule has 14 heavy (non-hydrogen) atoms. The Morgan fingerprint density at radius 3 is 2.79 bits per heavy atom. The number of nitrogens with one attached hydrogen (secondary N) is 1. The van der Waals surface area contributed by atoms with Gasteiger partial charge in [-0.05, 0) is 6.92 Å². The minimum Gasteiger partial charge on any atom is -0.229 e. The van der Waals surface area contributed by atoms with E-state index in [1.807, 2.05) is 0 Å². The molecule has 0 fully saturated rings. The van der Waals surface area contributed by atoms with Gasteiger partial charge >= 0.3 is 0 Å². The molecule has 2 rings (SSSR count). The summed E-state index contributed by atoms with van der Waals surface area (Å²) in [7, 11) is 0. The lowest BCUT2D eigenvalue weighted by atomic mass is 10.4. The molecule has 0 aliphatic heterocycles. The van der Waals surface area contributed by atoms with Crippen molar-refractivity contribution in [1.29, 1.82) is 0 Å². The fraction of sp³-hybridized carbons (Fsp3) is 0.143. The molecular formula is C7H5ClFN5. The minimum atomic E-state index is -0.612. The molecule has 0 aliphatic rings. The Hall–Kier alpha value is -1.56. The van der Waals surface area contributed by atoms with Crippen LogP contribution in [0.5, 0.6) is 0 Å². The molecule has 0 saturated heterocycles. The van der Waals surface area contributed by atoms with Gasteiger partial charge in [0.1, 0.15) is 5.69 Å². The zero-order valence-electron chi connectivity index (χ0n) is 7.12. The van der Waals surface area contributed by atoms with E-state index in [-0.39, 0.29) is 16.7 Å². The topological polar surface area (TPSA) is 67.3 Å². The Labute approximate surface area is 83.3 Å². The van der Waals surface area contributed by atoms with Crippen molar-refractivity contribution in [3.05, 3.63) is 22.9 Å². The number of hydrogen-bond donors (Lipinski definition) is 1. The highest BCUT2D eigenvalue weighted by atomic mass is 35.5. The van der Waals surface area contributed by atoms with Crippen LogP contribution in [0.3, 0.4) is 0 Å². The molecule has 0 aromatic carbocycles. The summed E-state index contributed by atoms with van der Waals surface area (Å²) in [5.41, 5.74) is 0.609. The maximum Gasteiger partial charge on any atom is 0.183 e. The first kappa shape index (κ1) is 9.01. The average Bonchev–Trinajstić information content (AvgIpc) is 2.66. The van der Waals surface area contributed by atoms with Crippen molar-refractivity contribution >= 4 is 11.6 Å². The summed E-state index contributed by atoms with van der Waals surface area (Å²) in [6.07, 6.45) is 1.43. The van der Waals surface area contributed by atoms with Crippen molar-refractivity contribution in [3.63, 3.8) is 0 Å². The summed E-state index contributed by atoms with van der Waals surface area (Å²) >= 11 is 5.55. The molecule has 0 atom stereocenters. The second-order valence-electron chi connectivity index (χ2n) is 2.59. The molecule has 0 aliphatic carbocycles. The van der Waals surface area contributed by atoms with Gasteiger partial charge in [0.25, 0.3) is 0 Å². The molecule has 2 aromatic rings. The van der Waals surface area contributed by atoms with Gasteiger partial charge in [-0.1, -0.05) is 11.6 Å². The van der Waals surface area contributed by atoms with Crippen LogP contribution < -0.4 is 0 Å². The van der Waals surface area contributed by atoms with Crippen molar-refractivity contribution in [3.8, 4) is 11.5 Å². The van der Waals surface area contributed by atoms with E-state index in [1.54, 1.807) is 0 Å². The number of hydrogen-bond acceptors (Lipinski definition) is 4. The van der Waals surface area contributed by atoms with Gasteiger partial charge < -0.3 is 0 Å². The highest BCUT2D eigenvalue weighted by Crippen LogP contribution is 2.18. The van der Waals surface area contributed by atoms with E-state index in [9.17, 15) is 4.39 Å². The largest absolute Gasteiger partial charge is 0.229 e. The lowest BCUT2D eigenvalue weighted by Gasteiger charge is -1.99. The molecule has 0 spiro atoms. The maximum absolute atomic E-state index is 13.1. The quantitative estimate of drug-likeness (QED) is 0.727. The number of rotatable bonds is 1. The van der Waals surface area contributed by atoms with E-state index in [2.05, 4.69) is 25.4 Å². The smallest absolute Gasteiger partial charge is 0.183 e. The Bertz CT molecular complexity index is 432. The van der Waals surface area contributed by atoms with Crippen LogP contribution in [0.2, 0.25) is 5.15 Å². The van der Waals surface area contributed by atoms with Gasteiger partial charge in [0.15, 0.2) is 16.8 Å². The molecule has 0 amide bonds. The van der Waals surface area contributed by atoms with Gasteiger partial charge in [0, 0.05) is 0 Å². The molecule has 1 N–H and O–H groups in total. The standard InChI is InChI=1S/C7H5ClFN5/c1-3-5(9)6(8)12-7(11-3)4-2-10-14-13-4/h2H,1H3,(H,10,13,14). The van der Waals surface area contributed by atoms with Gasteiger partial charge in [-0.3, -0.25) is 0 Å². The zero-order chi connectivity index (χ0) is 10.1. The van der Waals surface area contributed by atoms with Crippen LogP contribution in [-0.2, 0) is 0 Å². The lowest BCUT2D eigenvalue weighted by Crippen LogP contribution is -1.97. The summed E-state index contributed by atoms with van der Waals surface area (Å²) in [4.78, 5) is 7.62. The van der Waals surface area contributed by atoms with E-state index in [4.69, 9.17) is 11.6 Å². The second kappa shape index (κ2) is 3.30. The summed E-state index contributed by atoms with van der Waals surface area (Å²) < 4.78 is 13.1. The molecule has 72 valence electrons. The van der Waals surface area contributed by atoms with E-state index in [0.29, 0.717) is 5.69 Å². The van der Waals surface area contributed by atoms with Crippen molar-refractivity contribution in [2.45, 2.75) is 6.92 Å². The summed E-state index contributed by atoms with van der Waals surface area (Å²) in [5.74, 6) is -0.360. The minimum absolute atomic E-state index is 0.183. The first-order valence-electron chi connectivity index (χ1n) is 3.74. The van der Waals surface area contributed by atoms with E-state index in [1.165, 1.54) is 13.1 Å². The molecule has 5 nitrogen and oxygen atoms in total. The number of aryl methyl sites for hydroxylation is 1. The predicted molar refractivity (Wildman–Crippen MR) is 47.1 cm³/mol. The highest BCUT2D eigenvalue weighted by Gasteiger charge is 2.11. The number of aromatic nitrogens is 5. The predicted octanol–water partition coefficient (Wildman–Crippen LogP) is 1.36. The molecule has 2 aromatic heterocycles. The summed E-state index contributed by atoms with van der Waals surface area (Å²) in [5, 5.41) is 9.54. The fourth-order valence-electron chi connectivity index (χ4n) is 0.948. The van der Waals surface area contributed by atoms with Crippen LogP contribution >= 0.6 is 11.6 Å². The molecule has 0 bridgehead atoms. The van der Waals surface area contributed by atoms with E-state index < -0.39 is 5.82 Å². The number of H-pyrrole nitrogens is 1. The Kier molecular flexibility index (Phi) is 2.12. The number of nitrogens with zero attached hydrogens (tertiary/aromatic N) is 4. The first-order chi connectivity index (χ1) is 6.68. The molecule has 7 heteroatoms. The maximum atomic E-state index is 13.1. The fourth-order valence-corrected chi connectivity index (χ4v) is 1.16. The third-order valence-electron chi connectivity index (χ3n) is 1.62. The Morgan fingerprint density at radius 2 is 2.21 bits per heavy atom. The van der Waals surface area contributed by atoms with Crippen LogP contribution in [0.1, 0.15) is 5.69 Å². The normalized spacial score (nSPS) is 10.5. The molecule has 0 radical (unpaired) electrons. The van der Waals surface area contributed by atoms with Gasteiger partial charge in [-0.2, -0.15) is 15.4 Å². The van der Waals surface area contributed by atoms with Gasteiger partial charge in [0.2, 0.25) is 0 Å². The Morgan fingerprint density at radius 1 is 1.43 bits per heavy atom. The van der Waals surface area contributed by atoms with Crippen LogP contribution in [0.15, 0.2) is 6.20 Å². The SMILES string of the molecule is Cc1nc(-c2cn[nH]n2)nc(Cl)c1F. The van der Waals surface area contributed by atoms with Crippen LogP contribution in [0.25, 0.3) is 11.5 Å². The lowest BCUT2D eigenvalue weighted by molar-refractivity contribution is 0.603. The van der Waals surface area contributed by atoms with E-state index in [0.717, 1.165) is 0 Å². The van der Waals surface area contributed by atoms with Crippen LogP contribution in [-0.4, -0.2) is 25.4 Å². The van der Waals surface area contributed by atoms with Crippen molar-refractivity contribution in [2.24, 2.45) is 0 Å². The summed E-state index contributed by atoms with van der Waals surface area (Å²) in [6.45, 7) is 1.51. The van der Waals surface area contributed by atoms with Gasteiger partial charge in [-0.25, -0.2) is 14.4 Å². The molecular weight excluding hydrogens is 209 g/mol. The molecule has 0 unspecified atom stereocenters. The third-order valence-corrected chi connectivity index (χ3v) is 1.87. The van der Waals surface area contributed by atoms with Crippen LogP contribution in [0.4, 0.5) is 4.39 Å². The Balaban J connectivity index is 2.57. The monoisotopic (exact) mass is 213 g/mol. The van der Waals surface area contributed by atoms with Gasteiger partial charge in [-0.15, -0.1) is 0 Å². The van der Waals surface area contributed by atoms with Gasteiger partial charge in [0.05, 0.1) is 11.9 Å². The first-order valence-corrected chi connectivity index (χ1v) is 4.12. The zero-order valence-corrected chi connectivity index (χ0v) is 7.88. The average molecular weight is 214 g/mol. The van der Waals surface area contributed by atoms with E-state index >= 15 is 0 Å². The number of aromatic amines is 1. The van der Waals surface area contributed by atoms with Crippen LogP contribution in [0, 0.1) is 12.7 Å². The number of halogens is 2. The van der Waals surface area contributed by atoms with Crippen molar-refractivity contribution < 1.29 is 4.39 Å².